The summed E-state index contributed by atoms with van der Waals surface area (Å²) in [5.74, 6) is 0. The smallest absolute Gasteiger partial charge is 0.246 e. The van der Waals surface area contributed by atoms with Crippen molar-refractivity contribution in [2.75, 3.05) is 13.1 Å². The van der Waals surface area contributed by atoms with Crippen LogP contribution in [0.2, 0.25) is 0 Å². The second kappa shape index (κ2) is 5.55. The van der Waals surface area contributed by atoms with Crippen LogP contribution in [0.1, 0.15) is 6.04 Å². The number of thiophene rings is 1. The molecule has 1 saturated heterocycles. The molecule has 0 bridgehead atoms. The van der Waals surface area contributed by atoms with Crippen LogP contribution in [-0.2, 0) is 10.0 Å². The minimum absolute atomic E-state index is 0.0368. The van der Waals surface area contributed by atoms with Crippen molar-refractivity contribution < 1.29 is 8.42 Å². The van der Waals surface area contributed by atoms with Gasteiger partial charge >= 0.3 is 0 Å². The van der Waals surface area contributed by atoms with Gasteiger partial charge in [-0.1, -0.05) is 41.6 Å². The van der Waals surface area contributed by atoms with Crippen molar-refractivity contribution in [1.29, 1.82) is 0 Å². The van der Waals surface area contributed by atoms with Crippen LogP contribution in [0.25, 0.3) is 11.3 Å². The molecule has 0 N–H and O–H groups in total. The second-order valence-electron chi connectivity index (χ2n) is 5.36. The van der Waals surface area contributed by atoms with Crippen LogP contribution >= 0.6 is 11.3 Å². The van der Waals surface area contributed by atoms with E-state index in [9.17, 15) is 8.42 Å². The summed E-state index contributed by atoms with van der Waals surface area (Å²) in [7, 11) is -3.35. The third-order valence-electron chi connectivity index (χ3n) is 3.87. The van der Waals surface area contributed by atoms with Crippen LogP contribution < -0.4 is 0 Å². The number of hydrogen-bond acceptors (Lipinski definition) is 5. The van der Waals surface area contributed by atoms with Crippen LogP contribution in [0.4, 0.5) is 0 Å². The summed E-state index contributed by atoms with van der Waals surface area (Å²) in [6, 6.07) is 13.2. The average Bonchev–Trinajstić information content (AvgIpc) is 3.18. The summed E-state index contributed by atoms with van der Waals surface area (Å²) in [4.78, 5) is 0. The molecule has 1 fully saturated rings. The first-order chi connectivity index (χ1) is 11.1. The zero-order chi connectivity index (χ0) is 15.9. The van der Waals surface area contributed by atoms with Crippen molar-refractivity contribution in [3.8, 4) is 11.3 Å². The van der Waals surface area contributed by atoms with Crippen LogP contribution in [0.5, 0.6) is 0 Å². The first-order valence-electron chi connectivity index (χ1n) is 7.15. The molecule has 0 unspecified atom stereocenters. The van der Waals surface area contributed by atoms with Gasteiger partial charge in [0.25, 0.3) is 10.0 Å². The van der Waals surface area contributed by atoms with Crippen LogP contribution in [0, 0.1) is 0 Å². The van der Waals surface area contributed by atoms with Gasteiger partial charge in [0.2, 0.25) is 0 Å². The Bertz CT molecular complexity index is 898. The molecule has 0 amide bonds. The average molecular weight is 346 g/mol. The predicted octanol–water partition coefficient (Wildman–Crippen LogP) is 2.25. The van der Waals surface area contributed by atoms with Gasteiger partial charge in [0.1, 0.15) is 9.90 Å². The molecule has 6 nitrogen and oxygen atoms in total. The molecule has 0 radical (unpaired) electrons. The lowest BCUT2D eigenvalue weighted by atomic mass is 10.1. The maximum Gasteiger partial charge on any atom is 0.252 e. The summed E-state index contributed by atoms with van der Waals surface area (Å²) in [5.41, 5.74) is 1.80. The van der Waals surface area contributed by atoms with E-state index in [2.05, 4.69) is 10.3 Å². The van der Waals surface area contributed by atoms with Crippen molar-refractivity contribution in [1.82, 2.24) is 19.3 Å². The zero-order valence-electron chi connectivity index (χ0n) is 12.1. The molecular formula is C15H14N4O2S2. The van der Waals surface area contributed by atoms with Gasteiger partial charge in [-0.15, -0.1) is 16.4 Å². The predicted molar refractivity (Wildman–Crippen MR) is 87.6 cm³/mol. The number of hydrogen-bond donors (Lipinski definition) is 0. The Balaban J connectivity index is 1.48. The van der Waals surface area contributed by atoms with E-state index in [1.165, 1.54) is 15.6 Å². The normalized spacial score (nSPS) is 16.3. The van der Waals surface area contributed by atoms with Gasteiger partial charge < -0.3 is 0 Å². The topological polar surface area (TPSA) is 68.1 Å². The van der Waals surface area contributed by atoms with Crippen LogP contribution in [0.3, 0.4) is 0 Å². The molecular weight excluding hydrogens is 332 g/mol. The molecule has 118 valence electrons. The fourth-order valence-electron chi connectivity index (χ4n) is 2.51. The van der Waals surface area contributed by atoms with Gasteiger partial charge in [-0.2, -0.15) is 4.31 Å². The van der Waals surface area contributed by atoms with E-state index in [4.69, 9.17) is 0 Å². The molecule has 2 aromatic heterocycles. The van der Waals surface area contributed by atoms with Gasteiger partial charge in [0.15, 0.2) is 0 Å². The van der Waals surface area contributed by atoms with Gasteiger partial charge in [-0.3, -0.25) is 0 Å². The maximum atomic E-state index is 12.4. The highest BCUT2D eigenvalue weighted by Crippen LogP contribution is 2.30. The number of nitrogens with zero attached hydrogens (tertiary/aromatic N) is 4. The molecule has 3 heterocycles. The molecule has 0 aliphatic carbocycles. The largest absolute Gasteiger partial charge is 0.252 e. The number of aromatic nitrogens is 3. The lowest BCUT2D eigenvalue weighted by molar-refractivity contribution is 0.189. The van der Waals surface area contributed by atoms with E-state index in [-0.39, 0.29) is 6.04 Å². The Morgan fingerprint density at radius 3 is 2.57 bits per heavy atom. The van der Waals surface area contributed by atoms with Crippen molar-refractivity contribution in [3.63, 3.8) is 0 Å². The molecule has 1 aliphatic rings. The molecule has 0 atom stereocenters. The molecule has 8 heteroatoms. The number of benzene rings is 1. The highest BCUT2D eigenvalue weighted by atomic mass is 32.2. The Morgan fingerprint density at radius 2 is 1.87 bits per heavy atom. The number of rotatable bonds is 4. The molecule has 1 aliphatic heterocycles. The first kappa shape index (κ1) is 14.6. The van der Waals surface area contributed by atoms with E-state index < -0.39 is 10.0 Å². The molecule has 3 aromatic rings. The standard InChI is InChI=1S/C15H14N4O2S2/c20-23(21,15-7-4-8-22-15)18-9-13(10-18)19-11-14(16-17-19)12-5-2-1-3-6-12/h1-8,11,13H,9-10H2. The molecule has 4 rings (SSSR count). The molecule has 1 aromatic carbocycles. The third kappa shape index (κ3) is 2.58. The summed E-state index contributed by atoms with van der Waals surface area (Å²) in [5, 5.41) is 10.1. The minimum atomic E-state index is -3.35. The van der Waals surface area contributed by atoms with E-state index in [1.54, 1.807) is 22.2 Å². The quantitative estimate of drug-likeness (QED) is 0.727. The second-order valence-corrected chi connectivity index (χ2v) is 8.47. The lowest BCUT2D eigenvalue weighted by Gasteiger charge is -2.37. The Hall–Kier alpha value is -2.03. The fraction of sp³-hybridized carbons (Fsp3) is 0.200. The number of sulfonamides is 1. The van der Waals surface area contributed by atoms with Gasteiger partial charge in [0.05, 0.1) is 12.2 Å². The van der Waals surface area contributed by atoms with Crippen molar-refractivity contribution in [3.05, 3.63) is 54.0 Å². The van der Waals surface area contributed by atoms with Crippen molar-refractivity contribution in [2.45, 2.75) is 10.3 Å². The highest BCUT2D eigenvalue weighted by molar-refractivity contribution is 7.91. The van der Waals surface area contributed by atoms with E-state index in [0.29, 0.717) is 17.3 Å². The van der Waals surface area contributed by atoms with E-state index in [1.807, 2.05) is 36.5 Å². The van der Waals surface area contributed by atoms with Crippen molar-refractivity contribution in [2.24, 2.45) is 0 Å². The van der Waals surface area contributed by atoms with Crippen LogP contribution in [-0.4, -0.2) is 40.8 Å². The Labute approximate surface area is 138 Å². The third-order valence-corrected chi connectivity index (χ3v) is 7.08. The Morgan fingerprint density at radius 1 is 1.09 bits per heavy atom. The summed E-state index contributed by atoms with van der Waals surface area (Å²) >= 11 is 1.24. The summed E-state index contributed by atoms with van der Waals surface area (Å²) in [6.07, 6.45) is 1.87. The lowest BCUT2D eigenvalue weighted by Crippen LogP contribution is -2.50. The van der Waals surface area contributed by atoms with E-state index >= 15 is 0 Å². The van der Waals surface area contributed by atoms with Crippen molar-refractivity contribution >= 4 is 21.4 Å². The summed E-state index contributed by atoms with van der Waals surface area (Å²) in [6.45, 7) is 0.857. The van der Waals surface area contributed by atoms with Gasteiger partial charge in [-0.05, 0) is 11.4 Å². The maximum absolute atomic E-state index is 12.4. The minimum Gasteiger partial charge on any atom is -0.246 e. The zero-order valence-corrected chi connectivity index (χ0v) is 13.7. The van der Waals surface area contributed by atoms with Gasteiger partial charge in [-0.25, -0.2) is 13.1 Å². The first-order valence-corrected chi connectivity index (χ1v) is 9.47. The van der Waals surface area contributed by atoms with Gasteiger partial charge in [0, 0.05) is 18.7 Å². The summed E-state index contributed by atoms with van der Waals surface area (Å²) < 4.78 is 28.4. The fourth-order valence-corrected chi connectivity index (χ4v) is 5.17. The SMILES string of the molecule is O=S(=O)(c1cccs1)N1CC(n2cc(-c3ccccc3)nn2)C1. The molecule has 23 heavy (non-hydrogen) atoms. The molecule has 0 spiro atoms. The highest BCUT2D eigenvalue weighted by Gasteiger charge is 2.38. The molecule has 0 saturated carbocycles. The monoisotopic (exact) mass is 346 g/mol. The van der Waals surface area contributed by atoms with E-state index in [0.717, 1.165) is 11.3 Å². The van der Waals surface area contributed by atoms with Crippen LogP contribution in [0.15, 0.2) is 58.3 Å². The Kier molecular flexibility index (Phi) is 3.51.